The number of hydrogen-bond donors (Lipinski definition) is 1. The minimum atomic E-state index is -0.760. The summed E-state index contributed by atoms with van der Waals surface area (Å²) in [5, 5.41) is 9.61. The Hall–Kier alpha value is -2.04. The molecule has 5 heteroatoms. The van der Waals surface area contributed by atoms with Gasteiger partial charge in [-0.3, -0.25) is 4.79 Å². The third-order valence-electron chi connectivity index (χ3n) is 4.59. The first-order chi connectivity index (χ1) is 11.8. The van der Waals surface area contributed by atoms with Crippen molar-refractivity contribution in [2.45, 2.75) is 52.1 Å². The molecule has 2 rings (SSSR count). The molecular formula is C20H29NO4. The third-order valence-corrected chi connectivity index (χ3v) is 4.59. The van der Waals surface area contributed by atoms with E-state index in [-0.39, 0.29) is 12.0 Å². The Bertz CT molecular complexity index is 579. The van der Waals surface area contributed by atoms with E-state index in [2.05, 4.69) is 12.1 Å². The van der Waals surface area contributed by atoms with Crippen LogP contribution >= 0.6 is 0 Å². The Morgan fingerprint density at radius 2 is 1.96 bits per heavy atom. The summed E-state index contributed by atoms with van der Waals surface area (Å²) >= 11 is 0. The molecule has 0 spiro atoms. The highest BCUT2D eigenvalue weighted by atomic mass is 16.6. The second-order valence-electron chi connectivity index (χ2n) is 7.80. The van der Waals surface area contributed by atoms with Gasteiger partial charge in [0.15, 0.2) is 0 Å². The van der Waals surface area contributed by atoms with Crippen LogP contribution in [0, 0.1) is 11.8 Å². The Morgan fingerprint density at radius 1 is 1.28 bits per heavy atom. The Balaban J connectivity index is 1.86. The highest BCUT2D eigenvalue weighted by Crippen LogP contribution is 2.29. The Kier molecular flexibility index (Phi) is 6.45. The van der Waals surface area contributed by atoms with Crippen LogP contribution in [0.1, 0.15) is 45.6 Å². The zero-order chi connectivity index (χ0) is 18.4. The second kappa shape index (κ2) is 8.37. The molecule has 1 aliphatic rings. The van der Waals surface area contributed by atoms with Crippen LogP contribution < -0.4 is 0 Å². The van der Waals surface area contributed by atoms with Gasteiger partial charge < -0.3 is 14.7 Å². The fourth-order valence-electron chi connectivity index (χ4n) is 3.34. The number of carbonyl (C=O) groups is 2. The number of carbonyl (C=O) groups excluding carboxylic acids is 1. The molecule has 1 fully saturated rings. The van der Waals surface area contributed by atoms with Gasteiger partial charge in [-0.05, 0) is 57.9 Å². The normalized spacial score (nSPS) is 18.8. The summed E-state index contributed by atoms with van der Waals surface area (Å²) in [6.07, 6.45) is 2.73. The van der Waals surface area contributed by atoms with E-state index >= 15 is 0 Å². The first-order valence-electron chi connectivity index (χ1n) is 9.01. The predicted octanol–water partition coefficient (Wildman–Crippen LogP) is 3.97. The number of aliphatic carboxylic acids is 1. The lowest BCUT2D eigenvalue weighted by Gasteiger charge is -2.25. The minimum absolute atomic E-state index is 0.000733. The summed E-state index contributed by atoms with van der Waals surface area (Å²) in [4.78, 5) is 25.5. The van der Waals surface area contributed by atoms with Gasteiger partial charge in [-0.1, -0.05) is 30.3 Å². The van der Waals surface area contributed by atoms with Gasteiger partial charge in [-0.25, -0.2) is 4.79 Å². The van der Waals surface area contributed by atoms with Gasteiger partial charge in [0.25, 0.3) is 0 Å². The number of hydrogen-bond acceptors (Lipinski definition) is 3. The lowest BCUT2D eigenvalue weighted by molar-refractivity contribution is -0.143. The number of nitrogens with zero attached hydrogens (tertiary/aromatic N) is 1. The average molecular weight is 347 g/mol. The SMILES string of the molecule is CC(C)(C)OC(=O)N1CC[C@H]([C@H](CCCc2ccccc2)C(=O)O)C1. The van der Waals surface area contributed by atoms with Crippen molar-refractivity contribution in [3.63, 3.8) is 0 Å². The third kappa shape index (κ3) is 6.07. The number of carboxylic acid groups (broad SMARTS) is 1. The van der Waals surface area contributed by atoms with Gasteiger partial charge in [-0.15, -0.1) is 0 Å². The van der Waals surface area contributed by atoms with Crippen LogP contribution in [0.4, 0.5) is 4.79 Å². The summed E-state index contributed by atoms with van der Waals surface area (Å²) in [6, 6.07) is 10.1. The molecule has 0 bridgehead atoms. The van der Waals surface area contributed by atoms with Gasteiger partial charge >= 0.3 is 12.1 Å². The maximum Gasteiger partial charge on any atom is 0.410 e. The molecule has 1 aromatic rings. The van der Waals surface area contributed by atoms with Crippen molar-refractivity contribution in [2.24, 2.45) is 11.8 Å². The largest absolute Gasteiger partial charge is 0.481 e. The Labute approximate surface area is 150 Å². The summed E-state index contributed by atoms with van der Waals surface area (Å²) in [7, 11) is 0. The number of ether oxygens (including phenoxy) is 1. The van der Waals surface area contributed by atoms with Gasteiger partial charge in [0.2, 0.25) is 0 Å². The van der Waals surface area contributed by atoms with E-state index in [1.165, 1.54) is 5.56 Å². The van der Waals surface area contributed by atoms with Crippen molar-refractivity contribution >= 4 is 12.1 Å². The van der Waals surface area contributed by atoms with Crippen LogP contribution in [0.5, 0.6) is 0 Å². The molecule has 25 heavy (non-hydrogen) atoms. The maximum absolute atomic E-state index is 12.2. The maximum atomic E-state index is 12.2. The Morgan fingerprint density at radius 3 is 2.56 bits per heavy atom. The van der Waals surface area contributed by atoms with Gasteiger partial charge in [0, 0.05) is 13.1 Å². The molecule has 1 N–H and O–H groups in total. The second-order valence-corrected chi connectivity index (χ2v) is 7.80. The molecule has 2 atom stereocenters. The molecule has 0 aliphatic carbocycles. The van der Waals surface area contributed by atoms with Crippen LogP contribution in [-0.2, 0) is 16.0 Å². The van der Waals surface area contributed by atoms with Crippen molar-refractivity contribution < 1.29 is 19.4 Å². The quantitative estimate of drug-likeness (QED) is 0.845. The molecule has 1 heterocycles. The lowest BCUT2D eigenvalue weighted by Crippen LogP contribution is -2.36. The first-order valence-corrected chi connectivity index (χ1v) is 9.01. The fourth-order valence-corrected chi connectivity index (χ4v) is 3.34. The predicted molar refractivity (Wildman–Crippen MR) is 96.4 cm³/mol. The molecule has 1 saturated heterocycles. The van der Waals surface area contributed by atoms with Crippen LogP contribution in [0.25, 0.3) is 0 Å². The molecule has 0 aromatic heterocycles. The smallest absolute Gasteiger partial charge is 0.410 e. The van der Waals surface area contributed by atoms with E-state index in [4.69, 9.17) is 4.74 Å². The van der Waals surface area contributed by atoms with E-state index in [0.717, 1.165) is 19.3 Å². The van der Waals surface area contributed by atoms with Crippen LogP contribution in [0.15, 0.2) is 30.3 Å². The molecule has 1 aliphatic heterocycles. The van der Waals surface area contributed by atoms with Crippen LogP contribution in [0.3, 0.4) is 0 Å². The molecule has 0 saturated carbocycles. The molecular weight excluding hydrogens is 318 g/mol. The monoisotopic (exact) mass is 347 g/mol. The number of amides is 1. The first kappa shape index (κ1) is 19.3. The highest BCUT2D eigenvalue weighted by molar-refractivity contribution is 5.71. The number of likely N-dealkylation sites (tertiary alicyclic amines) is 1. The summed E-state index contributed by atoms with van der Waals surface area (Å²) < 4.78 is 5.39. The molecule has 1 amide bonds. The number of benzene rings is 1. The summed E-state index contributed by atoms with van der Waals surface area (Å²) in [5.74, 6) is -1.17. The molecule has 0 unspecified atom stereocenters. The van der Waals surface area contributed by atoms with Gasteiger partial charge in [-0.2, -0.15) is 0 Å². The van der Waals surface area contributed by atoms with Crippen molar-refractivity contribution in [3.05, 3.63) is 35.9 Å². The van der Waals surface area contributed by atoms with Crippen molar-refractivity contribution in [1.82, 2.24) is 4.90 Å². The number of aryl methyl sites for hydroxylation is 1. The zero-order valence-electron chi connectivity index (χ0n) is 15.4. The summed E-state index contributed by atoms with van der Waals surface area (Å²) in [6.45, 7) is 6.55. The zero-order valence-corrected chi connectivity index (χ0v) is 15.4. The summed E-state index contributed by atoms with van der Waals surface area (Å²) in [5.41, 5.74) is 0.699. The van der Waals surface area contributed by atoms with E-state index < -0.39 is 17.5 Å². The molecule has 138 valence electrons. The number of rotatable bonds is 6. The molecule has 0 radical (unpaired) electrons. The minimum Gasteiger partial charge on any atom is -0.481 e. The standard InChI is InChI=1S/C20H29NO4/c1-20(2,3)25-19(24)21-13-12-16(14-21)17(18(22)23)11-7-10-15-8-5-4-6-9-15/h4-6,8-9,16-17H,7,10-14H2,1-3H3,(H,22,23)/t16-,17-/m0/s1. The van der Waals surface area contributed by atoms with Crippen LogP contribution in [0.2, 0.25) is 0 Å². The van der Waals surface area contributed by atoms with Gasteiger partial charge in [0.05, 0.1) is 5.92 Å². The fraction of sp³-hybridized carbons (Fsp3) is 0.600. The van der Waals surface area contributed by atoms with Gasteiger partial charge in [0.1, 0.15) is 5.60 Å². The van der Waals surface area contributed by atoms with Crippen molar-refractivity contribution in [1.29, 1.82) is 0 Å². The highest BCUT2D eigenvalue weighted by Gasteiger charge is 2.36. The van der Waals surface area contributed by atoms with Crippen LogP contribution in [-0.4, -0.2) is 40.8 Å². The number of carboxylic acids is 1. The van der Waals surface area contributed by atoms with Crippen molar-refractivity contribution in [3.8, 4) is 0 Å². The van der Waals surface area contributed by atoms with E-state index in [1.54, 1.807) is 4.90 Å². The molecule has 1 aromatic carbocycles. The lowest BCUT2D eigenvalue weighted by atomic mass is 9.87. The molecule has 5 nitrogen and oxygen atoms in total. The van der Waals surface area contributed by atoms with E-state index in [9.17, 15) is 14.7 Å². The topological polar surface area (TPSA) is 66.8 Å². The van der Waals surface area contributed by atoms with E-state index in [0.29, 0.717) is 19.5 Å². The average Bonchev–Trinajstić information content (AvgIpc) is 3.00. The van der Waals surface area contributed by atoms with E-state index in [1.807, 2.05) is 39.0 Å². The van der Waals surface area contributed by atoms with Crippen molar-refractivity contribution in [2.75, 3.05) is 13.1 Å².